The molecular formula is C18H21Cl2N3. The molecule has 2 heterocycles. The molecule has 0 bridgehead atoms. The molecule has 0 amide bonds. The highest BCUT2D eigenvalue weighted by Crippen LogP contribution is 2.26. The van der Waals surface area contributed by atoms with Gasteiger partial charge < -0.3 is 0 Å². The van der Waals surface area contributed by atoms with Crippen molar-refractivity contribution in [3.05, 3.63) is 57.1 Å². The number of hydrogen-bond acceptors (Lipinski definition) is 3. The first kappa shape index (κ1) is 16.7. The lowest BCUT2D eigenvalue weighted by molar-refractivity contribution is 0.242. The zero-order chi connectivity index (χ0) is 16.6. The monoisotopic (exact) mass is 349 g/mol. The summed E-state index contributed by atoms with van der Waals surface area (Å²) in [6.07, 6.45) is 2.92. The first-order chi connectivity index (χ1) is 10.8. The van der Waals surface area contributed by atoms with E-state index in [4.69, 9.17) is 28.2 Å². The minimum atomic E-state index is -0.0134. The molecule has 0 unspecified atom stereocenters. The van der Waals surface area contributed by atoms with Gasteiger partial charge in [0, 0.05) is 59.0 Å². The molecule has 1 aromatic carbocycles. The normalized spacial score (nSPS) is 15.5. The van der Waals surface area contributed by atoms with Gasteiger partial charge in [-0.1, -0.05) is 44.0 Å². The molecule has 5 heteroatoms. The van der Waals surface area contributed by atoms with Crippen LogP contribution in [0.5, 0.6) is 0 Å². The fraction of sp³-hybridized carbons (Fsp3) is 0.444. The molecule has 1 aromatic heterocycles. The second-order valence-electron chi connectivity index (χ2n) is 7.11. The summed E-state index contributed by atoms with van der Waals surface area (Å²) in [7, 11) is 0. The summed E-state index contributed by atoms with van der Waals surface area (Å²) in [4.78, 5) is 11.7. The standard InChI is InChI=1S/C18H21Cl2N3/c1-18(2,3)17-21-9-13-11-23(7-6-16(13)22-17)10-12-8-14(19)4-5-15(12)20/h4-5,8-9H,6-7,10-11H2,1-3H3. The highest BCUT2D eigenvalue weighted by Gasteiger charge is 2.23. The summed E-state index contributed by atoms with van der Waals surface area (Å²) < 4.78 is 0. The molecule has 2 aromatic rings. The summed E-state index contributed by atoms with van der Waals surface area (Å²) in [5.41, 5.74) is 3.44. The van der Waals surface area contributed by atoms with E-state index in [1.54, 1.807) is 0 Å². The molecule has 0 fully saturated rings. The van der Waals surface area contributed by atoms with Crippen LogP contribution >= 0.6 is 23.2 Å². The van der Waals surface area contributed by atoms with Gasteiger partial charge >= 0.3 is 0 Å². The van der Waals surface area contributed by atoms with E-state index in [1.807, 2.05) is 24.4 Å². The van der Waals surface area contributed by atoms with Gasteiger partial charge in [-0.25, -0.2) is 9.97 Å². The predicted molar refractivity (Wildman–Crippen MR) is 95.0 cm³/mol. The summed E-state index contributed by atoms with van der Waals surface area (Å²) in [6.45, 7) is 9.04. The van der Waals surface area contributed by atoms with Gasteiger partial charge in [-0.15, -0.1) is 0 Å². The van der Waals surface area contributed by atoms with Crippen molar-refractivity contribution in [1.82, 2.24) is 14.9 Å². The number of nitrogens with zero attached hydrogens (tertiary/aromatic N) is 3. The van der Waals surface area contributed by atoms with Crippen LogP contribution in [0.1, 0.15) is 43.4 Å². The predicted octanol–water partition coefficient (Wildman–Crippen LogP) is 4.64. The molecule has 0 N–H and O–H groups in total. The van der Waals surface area contributed by atoms with Gasteiger partial charge in [0.2, 0.25) is 0 Å². The van der Waals surface area contributed by atoms with Crippen molar-refractivity contribution in [3.63, 3.8) is 0 Å². The van der Waals surface area contributed by atoms with Crippen LogP contribution in [0.3, 0.4) is 0 Å². The van der Waals surface area contributed by atoms with Gasteiger partial charge in [0.25, 0.3) is 0 Å². The van der Waals surface area contributed by atoms with Crippen LogP contribution in [0.2, 0.25) is 10.0 Å². The first-order valence-electron chi connectivity index (χ1n) is 7.84. The molecule has 23 heavy (non-hydrogen) atoms. The maximum Gasteiger partial charge on any atom is 0.133 e. The Morgan fingerprint density at radius 2 is 2.00 bits per heavy atom. The van der Waals surface area contributed by atoms with Crippen LogP contribution in [-0.4, -0.2) is 21.4 Å². The van der Waals surface area contributed by atoms with E-state index in [-0.39, 0.29) is 5.41 Å². The summed E-state index contributed by atoms with van der Waals surface area (Å²) >= 11 is 12.4. The molecule has 3 nitrogen and oxygen atoms in total. The van der Waals surface area contributed by atoms with Gasteiger partial charge in [-0.2, -0.15) is 0 Å². The van der Waals surface area contributed by atoms with Gasteiger partial charge in [0.1, 0.15) is 5.82 Å². The Morgan fingerprint density at radius 1 is 1.22 bits per heavy atom. The molecule has 0 spiro atoms. The number of rotatable bonds is 2. The Bertz CT molecular complexity index is 723. The lowest BCUT2D eigenvalue weighted by atomic mass is 9.95. The minimum Gasteiger partial charge on any atom is -0.294 e. The largest absolute Gasteiger partial charge is 0.294 e. The maximum absolute atomic E-state index is 6.28. The number of benzene rings is 1. The fourth-order valence-corrected chi connectivity index (χ4v) is 3.15. The lowest BCUT2D eigenvalue weighted by Crippen LogP contribution is -2.32. The molecular weight excluding hydrogens is 329 g/mol. The van der Waals surface area contributed by atoms with Crippen molar-refractivity contribution < 1.29 is 0 Å². The third-order valence-electron chi connectivity index (χ3n) is 4.09. The molecule has 0 atom stereocenters. The molecule has 0 aliphatic carbocycles. The maximum atomic E-state index is 6.28. The number of hydrogen-bond donors (Lipinski definition) is 0. The van der Waals surface area contributed by atoms with Gasteiger partial charge in [-0.05, 0) is 23.8 Å². The Hall–Kier alpha value is -1.16. The van der Waals surface area contributed by atoms with Crippen molar-refractivity contribution in [2.45, 2.75) is 45.7 Å². The number of aromatic nitrogens is 2. The smallest absolute Gasteiger partial charge is 0.133 e. The topological polar surface area (TPSA) is 29.0 Å². The fourth-order valence-electron chi connectivity index (χ4n) is 2.78. The van der Waals surface area contributed by atoms with E-state index in [2.05, 4.69) is 30.7 Å². The Labute approximate surface area is 147 Å². The summed E-state index contributed by atoms with van der Waals surface area (Å²) in [6, 6.07) is 5.62. The summed E-state index contributed by atoms with van der Waals surface area (Å²) in [5.74, 6) is 0.919. The number of fused-ring (bicyclic) bond motifs is 1. The van der Waals surface area contributed by atoms with Crippen molar-refractivity contribution in [2.75, 3.05) is 6.54 Å². The minimum absolute atomic E-state index is 0.0134. The van der Waals surface area contributed by atoms with Crippen LogP contribution in [0.15, 0.2) is 24.4 Å². The Kier molecular flexibility index (Phi) is 4.63. The lowest BCUT2D eigenvalue weighted by Gasteiger charge is -2.29. The highest BCUT2D eigenvalue weighted by atomic mass is 35.5. The van der Waals surface area contributed by atoms with E-state index in [0.29, 0.717) is 0 Å². The van der Waals surface area contributed by atoms with Gasteiger partial charge in [0.05, 0.1) is 0 Å². The van der Waals surface area contributed by atoms with E-state index < -0.39 is 0 Å². The molecule has 0 saturated carbocycles. The third-order valence-corrected chi connectivity index (χ3v) is 4.69. The van der Waals surface area contributed by atoms with Gasteiger partial charge in [-0.3, -0.25) is 4.90 Å². The average Bonchev–Trinajstić information content (AvgIpc) is 2.49. The molecule has 3 rings (SSSR count). The molecule has 122 valence electrons. The van der Waals surface area contributed by atoms with Crippen LogP contribution in [0.25, 0.3) is 0 Å². The number of halogens is 2. The van der Waals surface area contributed by atoms with Crippen molar-refractivity contribution in [1.29, 1.82) is 0 Å². The zero-order valence-electron chi connectivity index (χ0n) is 13.7. The van der Waals surface area contributed by atoms with Gasteiger partial charge in [0.15, 0.2) is 0 Å². The van der Waals surface area contributed by atoms with Crippen LogP contribution < -0.4 is 0 Å². The van der Waals surface area contributed by atoms with Crippen LogP contribution in [-0.2, 0) is 24.9 Å². The first-order valence-corrected chi connectivity index (χ1v) is 8.60. The van der Waals surface area contributed by atoms with E-state index in [0.717, 1.165) is 47.5 Å². The average molecular weight is 350 g/mol. The second kappa shape index (κ2) is 6.39. The van der Waals surface area contributed by atoms with E-state index in [9.17, 15) is 0 Å². The SMILES string of the molecule is CC(C)(C)c1ncc2c(n1)CCN(Cc1cc(Cl)ccc1Cl)C2. The Balaban J connectivity index is 1.77. The van der Waals surface area contributed by atoms with Crippen molar-refractivity contribution in [3.8, 4) is 0 Å². The molecule has 1 aliphatic heterocycles. The van der Waals surface area contributed by atoms with Crippen LogP contribution in [0, 0.1) is 0 Å². The molecule has 1 aliphatic rings. The highest BCUT2D eigenvalue weighted by molar-refractivity contribution is 6.33. The van der Waals surface area contributed by atoms with Crippen LogP contribution in [0.4, 0.5) is 0 Å². The molecule has 0 radical (unpaired) electrons. The van der Waals surface area contributed by atoms with Crippen molar-refractivity contribution >= 4 is 23.2 Å². The van der Waals surface area contributed by atoms with Crippen molar-refractivity contribution in [2.24, 2.45) is 0 Å². The quantitative estimate of drug-likeness (QED) is 0.790. The van der Waals surface area contributed by atoms with E-state index in [1.165, 1.54) is 11.3 Å². The zero-order valence-corrected chi connectivity index (χ0v) is 15.2. The third kappa shape index (κ3) is 3.85. The molecule has 0 saturated heterocycles. The Morgan fingerprint density at radius 3 is 2.74 bits per heavy atom. The second-order valence-corrected chi connectivity index (χ2v) is 7.96. The summed E-state index contributed by atoms with van der Waals surface area (Å²) in [5, 5.41) is 1.49. The van der Waals surface area contributed by atoms with E-state index >= 15 is 0 Å².